The first-order valence-electron chi connectivity index (χ1n) is 10.3. The number of rotatable bonds is 7. The zero-order chi connectivity index (χ0) is 22.6. The van der Waals surface area contributed by atoms with Crippen LogP contribution in [-0.4, -0.2) is 59.8 Å². The lowest BCUT2D eigenvalue weighted by molar-refractivity contribution is -0.131. The van der Waals surface area contributed by atoms with Crippen molar-refractivity contribution in [3.8, 4) is 10.7 Å². The highest BCUT2D eigenvalue weighted by Crippen LogP contribution is 2.22. The molecule has 170 valence electrons. The molecule has 0 aliphatic carbocycles. The maximum atomic E-state index is 13.1. The average Bonchev–Trinajstić information content (AvgIpc) is 3.41. The molecule has 1 fully saturated rings. The van der Waals surface area contributed by atoms with Gasteiger partial charge in [0.15, 0.2) is 0 Å². The highest BCUT2D eigenvalue weighted by atomic mass is 32.2. The van der Waals surface area contributed by atoms with Gasteiger partial charge < -0.3 is 9.42 Å². The Morgan fingerprint density at radius 1 is 1.12 bits per heavy atom. The van der Waals surface area contributed by atoms with Crippen molar-refractivity contribution >= 4 is 27.3 Å². The highest BCUT2D eigenvalue weighted by Gasteiger charge is 2.28. The minimum Gasteiger partial charge on any atom is -0.341 e. The molecule has 0 bridgehead atoms. The number of carbonyl (C=O) groups is 1. The summed E-state index contributed by atoms with van der Waals surface area (Å²) < 4.78 is 45.4. The molecule has 1 aliphatic rings. The van der Waals surface area contributed by atoms with Gasteiger partial charge in [-0.2, -0.15) is 9.29 Å². The van der Waals surface area contributed by atoms with E-state index in [2.05, 4.69) is 10.1 Å². The van der Waals surface area contributed by atoms with Crippen LogP contribution in [0.1, 0.15) is 25.2 Å². The summed E-state index contributed by atoms with van der Waals surface area (Å²) in [7, 11) is -3.72. The van der Waals surface area contributed by atoms with Crippen LogP contribution < -0.4 is 0 Å². The molecule has 1 aliphatic heterocycles. The van der Waals surface area contributed by atoms with Gasteiger partial charge in [0.25, 0.3) is 0 Å². The Bertz CT molecular complexity index is 1150. The van der Waals surface area contributed by atoms with E-state index >= 15 is 0 Å². The zero-order valence-electron chi connectivity index (χ0n) is 17.3. The zero-order valence-corrected chi connectivity index (χ0v) is 18.9. The van der Waals surface area contributed by atoms with Gasteiger partial charge in [-0.25, -0.2) is 12.8 Å². The van der Waals surface area contributed by atoms with Crippen LogP contribution in [0.3, 0.4) is 0 Å². The number of amides is 1. The maximum absolute atomic E-state index is 13.1. The van der Waals surface area contributed by atoms with Gasteiger partial charge in [-0.3, -0.25) is 4.79 Å². The third-order valence-corrected chi connectivity index (χ3v) is 8.03. The van der Waals surface area contributed by atoms with Crippen LogP contribution in [0, 0.1) is 5.82 Å². The predicted octanol–water partition coefficient (Wildman–Crippen LogP) is 3.18. The van der Waals surface area contributed by atoms with Gasteiger partial charge in [-0.15, -0.1) is 11.3 Å². The van der Waals surface area contributed by atoms with Crippen molar-refractivity contribution in [3.05, 3.63) is 53.5 Å². The fraction of sp³-hybridized carbons (Fsp3) is 0.381. The van der Waals surface area contributed by atoms with Crippen molar-refractivity contribution in [2.75, 3.05) is 26.2 Å². The number of aromatic nitrogens is 2. The van der Waals surface area contributed by atoms with Gasteiger partial charge >= 0.3 is 0 Å². The third kappa shape index (κ3) is 5.22. The van der Waals surface area contributed by atoms with E-state index in [9.17, 15) is 17.6 Å². The van der Waals surface area contributed by atoms with Crippen molar-refractivity contribution in [3.63, 3.8) is 0 Å². The molecule has 4 rings (SSSR count). The smallest absolute Gasteiger partial charge is 0.243 e. The SMILES string of the molecule is O=C(CCCc1nc(-c2cccs2)no1)N1CCCN(S(=O)(=O)c2ccc(F)cc2)CC1. The highest BCUT2D eigenvalue weighted by molar-refractivity contribution is 7.89. The van der Waals surface area contributed by atoms with E-state index in [-0.39, 0.29) is 17.3 Å². The number of nitrogens with zero attached hydrogens (tertiary/aromatic N) is 4. The molecule has 1 saturated heterocycles. The molecule has 8 nitrogen and oxygen atoms in total. The molecule has 3 aromatic rings. The normalized spacial score (nSPS) is 15.6. The van der Waals surface area contributed by atoms with Gasteiger partial charge in [-0.1, -0.05) is 11.2 Å². The lowest BCUT2D eigenvalue weighted by atomic mass is 10.2. The molecule has 0 spiro atoms. The Morgan fingerprint density at radius 3 is 2.69 bits per heavy atom. The van der Waals surface area contributed by atoms with Crippen LogP contribution in [-0.2, 0) is 21.2 Å². The lowest BCUT2D eigenvalue weighted by Crippen LogP contribution is -2.37. The molecule has 0 unspecified atom stereocenters. The summed E-state index contributed by atoms with van der Waals surface area (Å²) in [5.74, 6) is 0.536. The van der Waals surface area contributed by atoms with E-state index in [1.165, 1.54) is 27.8 Å². The third-order valence-electron chi connectivity index (χ3n) is 5.25. The molecule has 1 amide bonds. The topological polar surface area (TPSA) is 96.6 Å². The number of thiophene rings is 1. The van der Waals surface area contributed by atoms with Crippen LogP contribution in [0.5, 0.6) is 0 Å². The first kappa shape index (κ1) is 22.6. The number of halogens is 1. The predicted molar refractivity (Wildman–Crippen MR) is 117 cm³/mol. The second kappa shape index (κ2) is 9.88. The number of hydrogen-bond donors (Lipinski definition) is 0. The number of aryl methyl sites for hydroxylation is 1. The quantitative estimate of drug-likeness (QED) is 0.518. The largest absolute Gasteiger partial charge is 0.341 e. The van der Waals surface area contributed by atoms with Crippen molar-refractivity contribution < 1.29 is 22.1 Å². The fourth-order valence-corrected chi connectivity index (χ4v) is 5.67. The maximum Gasteiger partial charge on any atom is 0.243 e. The lowest BCUT2D eigenvalue weighted by Gasteiger charge is -2.22. The fourth-order valence-electron chi connectivity index (χ4n) is 3.55. The Hall–Kier alpha value is -2.63. The molecular formula is C21H23FN4O4S2. The van der Waals surface area contributed by atoms with Crippen LogP contribution in [0.15, 0.2) is 51.2 Å². The Balaban J connectivity index is 1.28. The molecule has 0 radical (unpaired) electrons. The van der Waals surface area contributed by atoms with Crippen molar-refractivity contribution in [2.45, 2.75) is 30.6 Å². The monoisotopic (exact) mass is 478 g/mol. The second-order valence-electron chi connectivity index (χ2n) is 7.43. The summed E-state index contributed by atoms with van der Waals surface area (Å²) in [6, 6.07) is 8.63. The summed E-state index contributed by atoms with van der Waals surface area (Å²) in [4.78, 5) is 19.7. The van der Waals surface area contributed by atoms with E-state index in [1.54, 1.807) is 4.90 Å². The van der Waals surface area contributed by atoms with E-state index in [1.807, 2.05) is 17.5 Å². The van der Waals surface area contributed by atoms with Crippen LogP contribution in [0.2, 0.25) is 0 Å². The number of benzene rings is 1. The summed E-state index contributed by atoms with van der Waals surface area (Å²) in [5, 5.41) is 5.91. The molecule has 0 N–H and O–H groups in total. The van der Waals surface area contributed by atoms with Crippen molar-refractivity contribution in [1.29, 1.82) is 0 Å². The van der Waals surface area contributed by atoms with Crippen molar-refractivity contribution in [2.24, 2.45) is 0 Å². The van der Waals surface area contributed by atoms with Crippen molar-refractivity contribution in [1.82, 2.24) is 19.3 Å². The van der Waals surface area contributed by atoms with Crippen LogP contribution in [0.25, 0.3) is 10.7 Å². The van der Waals surface area contributed by atoms with Crippen LogP contribution in [0.4, 0.5) is 4.39 Å². The van der Waals surface area contributed by atoms with Gasteiger partial charge in [-0.05, 0) is 48.6 Å². The molecule has 3 heterocycles. The molecule has 0 saturated carbocycles. The van der Waals surface area contributed by atoms with Gasteiger partial charge in [0.05, 0.1) is 9.77 Å². The standard InChI is InChI=1S/C21H23FN4O4S2/c22-16-7-9-17(10-8-16)32(28,29)26-12-3-11-25(13-14-26)20(27)6-1-5-19-23-21(24-30-19)18-4-2-15-31-18/h2,4,7-10,15H,1,3,5-6,11-14H2. The Labute approximate surface area is 189 Å². The number of hydrogen-bond acceptors (Lipinski definition) is 7. The minimum absolute atomic E-state index is 0.0241. The number of carbonyl (C=O) groups excluding carboxylic acids is 1. The van der Waals surface area contributed by atoms with Gasteiger partial charge in [0.2, 0.25) is 27.6 Å². The second-order valence-corrected chi connectivity index (χ2v) is 10.3. The Kier molecular flexibility index (Phi) is 6.97. The van der Waals surface area contributed by atoms with Crippen LogP contribution >= 0.6 is 11.3 Å². The first-order chi connectivity index (χ1) is 15.4. The van der Waals surface area contributed by atoms with E-state index in [0.29, 0.717) is 57.0 Å². The molecule has 1 aromatic carbocycles. The van der Waals surface area contributed by atoms with E-state index in [4.69, 9.17) is 4.52 Å². The molecule has 0 atom stereocenters. The molecule has 11 heteroatoms. The first-order valence-corrected chi connectivity index (χ1v) is 12.7. The van der Waals surface area contributed by atoms with E-state index < -0.39 is 15.8 Å². The summed E-state index contributed by atoms with van der Waals surface area (Å²) in [6.45, 7) is 1.34. The summed E-state index contributed by atoms with van der Waals surface area (Å²) in [5.41, 5.74) is 0. The minimum atomic E-state index is -3.72. The number of sulfonamides is 1. The van der Waals surface area contributed by atoms with Gasteiger partial charge in [0, 0.05) is 39.0 Å². The molecule has 32 heavy (non-hydrogen) atoms. The molecule has 2 aromatic heterocycles. The van der Waals surface area contributed by atoms with Gasteiger partial charge in [0.1, 0.15) is 5.82 Å². The van der Waals surface area contributed by atoms with E-state index in [0.717, 1.165) is 17.0 Å². The Morgan fingerprint density at radius 2 is 1.94 bits per heavy atom. The summed E-state index contributed by atoms with van der Waals surface area (Å²) in [6.07, 6.45) is 1.93. The summed E-state index contributed by atoms with van der Waals surface area (Å²) >= 11 is 1.53. The average molecular weight is 479 g/mol. The molecular weight excluding hydrogens is 455 g/mol.